The van der Waals surface area contributed by atoms with Crippen molar-refractivity contribution >= 4 is 29.7 Å². The summed E-state index contributed by atoms with van der Waals surface area (Å²) in [6.07, 6.45) is 1.61. The van der Waals surface area contributed by atoms with Crippen LogP contribution < -0.4 is 5.32 Å². The predicted octanol–water partition coefficient (Wildman–Crippen LogP) is 1.26. The number of ether oxygens (including phenoxy) is 2. The monoisotopic (exact) mass is 346 g/mol. The van der Waals surface area contributed by atoms with Gasteiger partial charge in [0.1, 0.15) is 6.61 Å². The van der Waals surface area contributed by atoms with Gasteiger partial charge in [-0.15, -0.1) is 0 Å². The van der Waals surface area contributed by atoms with Gasteiger partial charge in [0.15, 0.2) is 0 Å². The van der Waals surface area contributed by atoms with Crippen molar-refractivity contribution < 1.29 is 23.9 Å². The Morgan fingerprint density at radius 2 is 2.00 bits per heavy atom. The molecule has 1 fully saturated rings. The molecule has 3 amide bonds. The Labute approximate surface area is 141 Å². The Balaban J connectivity index is 2.11. The summed E-state index contributed by atoms with van der Waals surface area (Å²) in [7, 11) is 0. The summed E-state index contributed by atoms with van der Waals surface area (Å²) in [6.45, 7) is 6.77. The average molecular weight is 346 g/mol. The number of hydrogen-bond acceptors (Lipinski definition) is 6. The quantitative estimate of drug-likeness (QED) is 0.500. The lowest BCUT2D eigenvalue weighted by Gasteiger charge is -2.17. The molecule has 0 spiro atoms. The molecular weight excluding hydrogens is 320 g/mol. The van der Waals surface area contributed by atoms with E-state index in [2.05, 4.69) is 5.32 Å². The molecule has 23 heavy (non-hydrogen) atoms. The maximum absolute atomic E-state index is 11.9. The summed E-state index contributed by atoms with van der Waals surface area (Å²) in [6, 6.07) is 0.0417. The number of carbonyl (C=O) groups is 3. The van der Waals surface area contributed by atoms with Crippen LogP contribution in [0.5, 0.6) is 0 Å². The highest BCUT2D eigenvalue weighted by molar-refractivity contribution is 8.00. The number of nitrogens with one attached hydrogen (secondary N) is 1. The molecule has 0 aromatic rings. The van der Waals surface area contributed by atoms with E-state index in [0.29, 0.717) is 5.92 Å². The lowest BCUT2D eigenvalue weighted by molar-refractivity contribution is -0.139. The van der Waals surface area contributed by atoms with Gasteiger partial charge in [0.2, 0.25) is 11.8 Å². The van der Waals surface area contributed by atoms with E-state index in [-0.39, 0.29) is 55.9 Å². The number of likely N-dealkylation sites (tertiary alicyclic amines) is 1. The molecule has 1 aliphatic heterocycles. The number of thioether (sulfide) groups is 1. The number of amides is 3. The molecule has 1 rings (SSSR count). The summed E-state index contributed by atoms with van der Waals surface area (Å²) in [4.78, 5) is 36.2. The van der Waals surface area contributed by atoms with E-state index >= 15 is 0 Å². The van der Waals surface area contributed by atoms with Gasteiger partial charge in [0.25, 0.3) is 0 Å². The van der Waals surface area contributed by atoms with Crippen LogP contribution in [-0.4, -0.2) is 66.7 Å². The molecule has 8 heteroatoms. The number of alkyl carbamates (subject to hydrolysis) is 1. The SMILES string of the molecule is CSC1CC(=O)N(CCOCCOC(=O)N[C@H](C)C(C)C)C1=O. The van der Waals surface area contributed by atoms with Gasteiger partial charge in [-0.05, 0) is 19.1 Å². The third kappa shape index (κ3) is 6.39. The van der Waals surface area contributed by atoms with Crippen molar-refractivity contribution in [2.24, 2.45) is 5.92 Å². The van der Waals surface area contributed by atoms with E-state index in [1.54, 1.807) is 0 Å². The van der Waals surface area contributed by atoms with Gasteiger partial charge in [-0.3, -0.25) is 14.5 Å². The molecule has 0 radical (unpaired) electrons. The van der Waals surface area contributed by atoms with Crippen LogP contribution in [0.3, 0.4) is 0 Å². The largest absolute Gasteiger partial charge is 0.447 e. The van der Waals surface area contributed by atoms with Crippen LogP contribution in [0.2, 0.25) is 0 Å². The zero-order valence-electron chi connectivity index (χ0n) is 14.2. The lowest BCUT2D eigenvalue weighted by Crippen LogP contribution is -2.37. The van der Waals surface area contributed by atoms with Crippen LogP contribution in [0.15, 0.2) is 0 Å². The van der Waals surface area contributed by atoms with Crippen molar-refractivity contribution in [3.05, 3.63) is 0 Å². The Morgan fingerprint density at radius 1 is 1.30 bits per heavy atom. The minimum Gasteiger partial charge on any atom is -0.447 e. The molecule has 1 heterocycles. The smallest absolute Gasteiger partial charge is 0.407 e. The Hall–Kier alpha value is -1.28. The molecule has 0 aromatic carbocycles. The number of imide groups is 1. The van der Waals surface area contributed by atoms with E-state index in [9.17, 15) is 14.4 Å². The molecular formula is C15H26N2O5S. The predicted molar refractivity (Wildman–Crippen MR) is 88.2 cm³/mol. The first-order chi connectivity index (χ1) is 10.9. The standard InChI is InChI=1S/C15H26N2O5S/c1-10(2)11(3)16-15(20)22-8-7-21-6-5-17-13(18)9-12(23-4)14(17)19/h10-12H,5-9H2,1-4H3,(H,16,20)/t11-,12?/m1/s1. The zero-order chi connectivity index (χ0) is 17.4. The highest BCUT2D eigenvalue weighted by atomic mass is 32.2. The zero-order valence-corrected chi connectivity index (χ0v) is 15.0. The van der Waals surface area contributed by atoms with E-state index in [4.69, 9.17) is 9.47 Å². The number of hydrogen-bond donors (Lipinski definition) is 1. The second kappa shape index (κ2) is 9.77. The van der Waals surface area contributed by atoms with Crippen molar-refractivity contribution in [1.29, 1.82) is 0 Å². The van der Waals surface area contributed by atoms with Crippen molar-refractivity contribution in [2.45, 2.75) is 38.5 Å². The Morgan fingerprint density at radius 3 is 2.57 bits per heavy atom. The van der Waals surface area contributed by atoms with E-state index in [0.717, 1.165) is 0 Å². The van der Waals surface area contributed by atoms with Gasteiger partial charge in [0.05, 0.1) is 25.0 Å². The highest BCUT2D eigenvalue weighted by Gasteiger charge is 2.37. The van der Waals surface area contributed by atoms with Crippen LogP contribution in [-0.2, 0) is 19.1 Å². The lowest BCUT2D eigenvalue weighted by atomic mass is 10.1. The van der Waals surface area contributed by atoms with E-state index in [1.807, 2.05) is 27.0 Å². The first-order valence-electron chi connectivity index (χ1n) is 7.74. The van der Waals surface area contributed by atoms with Crippen molar-refractivity contribution in [1.82, 2.24) is 10.2 Å². The molecule has 1 saturated heterocycles. The fourth-order valence-corrected chi connectivity index (χ4v) is 2.56. The maximum atomic E-state index is 11.9. The van der Waals surface area contributed by atoms with E-state index < -0.39 is 6.09 Å². The van der Waals surface area contributed by atoms with Crippen molar-refractivity contribution in [3.63, 3.8) is 0 Å². The topological polar surface area (TPSA) is 84.9 Å². The molecule has 0 aliphatic carbocycles. The fourth-order valence-electron chi connectivity index (χ4n) is 1.92. The first kappa shape index (κ1) is 19.8. The first-order valence-corrected chi connectivity index (χ1v) is 9.03. The summed E-state index contributed by atoms with van der Waals surface area (Å²) in [5.74, 6) is 0.0279. The van der Waals surface area contributed by atoms with Gasteiger partial charge in [-0.2, -0.15) is 11.8 Å². The second-order valence-electron chi connectivity index (χ2n) is 5.74. The molecule has 1 aliphatic rings. The van der Waals surface area contributed by atoms with Gasteiger partial charge in [-0.1, -0.05) is 13.8 Å². The third-order valence-electron chi connectivity index (χ3n) is 3.75. The van der Waals surface area contributed by atoms with Gasteiger partial charge in [0, 0.05) is 12.5 Å². The van der Waals surface area contributed by atoms with Gasteiger partial charge < -0.3 is 14.8 Å². The fraction of sp³-hybridized carbons (Fsp3) is 0.800. The minimum atomic E-state index is -0.470. The van der Waals surface area contributed by atoms with Crippen LogP contribution >= 0.6 is 11.8 Å². The van der Waals surface area contributed by atoms with Crippen LogP contribution in [0.4, 0.5) is 4.79 Å². The second-order valence-corrected chi connectivity index (χ2v) is 6.78. The molecule has 0 bridgehead atoms. The Kier molecular flexibility index (Phi) is 8.40. The van der Waals surface area contributed by atoms with Crippen LogP contribution in [0.1, 0.15) is 27.2 Å². The number of carbonyl (C=O) groups excluding carboxylic acids is 3. The van der Waals surface area contributed by atoms with Crippen molar-refractivity contribution in [3.8, 4) is 0 Å². The molecule has 2 atom stereocenters. The number of nitrogens with zero attached hydrogens (tertiary/aromatic N) is 1. The minimum absolute atomic E-state index is 0.0417. The maximum Gasteiger partial charge on any atom is 0.407 e. The molecule has 0 aromatic heterocycles. The van der Waals surface area contributed by atoms with Crippen molar-refractivity contribution in [2.75, 3.05) is 32.6 Å². The molecule has 0 saturated carbocycles. The van der Waals surface area contributed by atoms with Crippen LogP contribution in [0.25, 0.3) is 0 Å². The van der Waals surface area contributed by atoms with Crippen LogP contribution in [0, 0.1) is 5.92 Å². The molecule has 132 valence electrons. The molecule has 1 unspecified atom stereocenters. The van der Waals surface area contributed by atoms with Gasteiger partial charge in [-0.25, -0.2) is 4.79 Å². The highest BCUT2D eigenvalue weighted by Crippen LogP contribution is 2.22. The van der Waals surface area contributed by atoms with E-state index in [1.165, 1.54) is 16.7 Å². The third-order valence-corrected chi connectivity index (χ3v) is 4.69. The summed E-state index contributed by atoms with van der Waals surface area (Å²) in [5, 5.41) is 2.46. The number of rotatable bonds is 9. The average Bonchev–Trinajstić information content (AvgIpc) is 2.77. The summed E-state index contributed by atoms with van der Waals surface area (Å²) >= 11 is 1.39. The molecule has 7 nitrogen and oxygen atoms in total. The summed E-state index contributed by atoms with van der Waals surface area (Å²) in [5.41, 5.74) is 0. The Bertz CT molecular complexity index is 430. The molecule has 1 N–H and O–H groups in total. The normalized spacial score (nSPS) is 19.3. The van der Waals surface area contributed by atoms with Gasteiger partial charge >= 0.3 is 6.09 Å². The summed E-state index contributed by atoms with van der Waals surface area (Å²) < 4.78 is 10.3.